The van der Waals surface area contributed by atoms with Gasteiger partial charge in [0, 0.05) is 31.8 Å². The van der Waals surface area contributed by atoms with E-state index in [-0.39, 0.29) is 35.4 Å². The first-order chi connectivity index (χ1) is 15.1. The van der Waals surface area contributed by atoms with Gasteiger partial charge in [0.05, 0.1) is 18.6 Å². The molecule has 0 aliphatic carbocycles. The van der Waals surface area contributed by atoms with Crippen LogP contribution in [0.4, 0.5) is 0 Å². The molecule has 0 heterocycles. The van der Waals surface area contributed by atoms with E-state index < -0.39 is 6.10 Å². The Hall–Kier alpha value is -2.61. The maximum absolute atomic E-state index is 12.6. The molecule has 2 atom stereocenters. The van der Waals surface area contributed by atoms with Gasteiger partial charge in [0.2, 0.25) is 5.91 Å². The zero-order valence-corrected chi connectivity index (χ0v) is 19.4. The minimum absolute atomic E-state index is 0.00317. The van der Waals surface area contributed by atoms with Crippen molar-refractivity contribution in [1.29, 1.82) is 0 Å². The van der Waals surface area contributed by atoms with Crippen LogP contribution in [0.5, 0.6) is 11.5 Å². The van der Waals surface area contributed by atoms with Gasteiger partial charge in [-0.2, -0.15) is 0 Å². The number of hydrogen-bond donors (Lipinski definition) is 5. The van der Waals surface area contributed by atoms with Crippen LogP contribution in [0, 0.1) is 0 Å². The van der Waals surface area contributed by atoms with Gasteiger partial charge in [0.15, 0.2) is 0 Å². The molecule has 5 N–H and O–H groups in total. The van der Waals surface area contributed by atoms with E-state index in [1.54, 1.807) is 7.11 Å². The number of carbonyl (C=O) groups is 1. The first-order valence-corrected chi connectivity index (χ1v) is 11.0. The molecule has 0 bridgehead atoms. The number of rotatable bonds is 12. The highest BCUT2D eigenvalue weighted by atomic mass is 16.5. The summed E-state index contributed by atoms with van der Waals surface area (Å²) < 4.78 is 5.00. The Balaban J connectivity index is 2.02. The van der Waals surface area contributed by atoms with Crippen LogP contribution in [-0.2, 0) is 16.0 Å². The standard InChI is InChI=1S/C25H36N2O5/c1-5-22(24(31)26-9-10-32-4)18-8-6-7-17(11-18)15-25(2,3)27-16-23(30)19-12-20(28)14-21(29)13-19/h6-8,11-14,22-23,27-30H,5,9-10,15-16H2,1-4H3,(H,26,31). The van der Waals surface area contributed by atoms with Crippen LogP contribution >= 0.6 is 0 Å². The zero-order valence-electron chi connectivity index (χ0n) is 19.4. The van der Waals surface area contributed by atoms with Gasteiger partial charge in [0.25, 0.3) is 0 Å². The number of benzene rings is 2. The second kappa shape index (κ2) is 11.9. The van der Waals surface area contributed by atoms with E-state index in [4.69, 9.17) is 4.74 Å². The molecule has 0 spiro atoms. The van der Waals surface area contributed by atoms with Gasteiger partial charge < -0.3 is 30.7 Å². The van der Waals surface area contributed by atoms with Gasteiger partial charge in [-0.15, -0.1) is 0 Å². The highest BCUT2D eigenvalue weighted by Gasteiger charge is 2.22. The van der Waals surface area contributed by atoms with Crippen molar-refractivity contribution < 1.29 is 24.9 Å². The van der Waals surface area contributed by atoms with Crippen LogP contribution < -0.4 is 10.6 Å². The van der Waals surface area contributed by atoms with Crippen LogP contribution in [0.2, 0.25) is 0 Å². The quantitative estimate of drug-likeness (QED) is 0.322. The third-order valence-electron chi connectivity index (χ3n) is 5.41. The van der Waals surface area contributed by atoms with Crippen LogP contribution in [0.1, 0.15) is 55.9 Å². The molecular formula is C25H36N2O5. The summed E-state index contributed by atoms with van der Waals surface area (Å²) in [6, 6.07) is 12.1. The van der Waals surface area contributed by atoms with E-state index in [2.05, 4.69) is 16.7 Å². The predicted molar refractivity (Wildman–Crippen MR) is 125 cm³/mol. The van der Waals surface area contributed by atoms with Crippen LogP contribution in [0.25, 0.3) is 0 Å². The average Bonchev–Trinajstić information content (AvgIpc) is 2.72. The maximum Gasteiger partial charge on any atom is 0.227 e. The number of phenols is 2. The van der Waals surface area contributed by atoms with Crippen molar-refractivity contribution in [3.05, 3.63) is 59.2 Å². The van der Waals surface area contributed by atoms with Gasteiger partial charge in [-0.3, -0.25) is 4.79 Å². The second-order valence-corrected chi connectivity index (χ2v) is 8.73. The summed E-state index contributed by atoms with van der Waals surface area (Å²) in [5, 5.41) is 36.0. The number of phenolic OH excluding ortho intramolecular Hbond substituents is 2. The lowest BCUT2D eigenvalue weighted by Crippen LogP contribution is -2.43. The van der Waals surface area contributed by atoms with Gasteiger partial charge in [-0.1, -0.05) is 31.2 Å². The van der Waals surface area contributed by atoms with E-state index in [1.807, 2.05) is 39.0 Å². The predicted octanol–water partition coefficient (Wildman–Crippen LogP) is 3.00. The number of β-amino-alcohol motifs (C(OH)–C–C–N with tert-alkyl or cyclic N) is 1. The minimum Gasteiger partial charge on any atom is -0.508 e. The summed E-state index contributed by atoms with van der Waals surface area (Å²) in [6.07, 6.45) is 0.520. The summed E-state index contributed by atoms with van der Waals surface area (Å²) >= 11 is 0. The van der Waals surface area contributed by atoms with Crippen molar-refractivity contribution in [3.63, 3.8) is 0 Å². The Labute approximate surface area is 190 Å². The lowest BCUT2D eigenvalue weighted by atomic mass is 9.89. The number of methoxy groups -OCH3 is 1. The molecule has 0 radical (unpaired) electrons. The Morgan fingerprint density at radius 2 is 1.78 bits per heavy atom. The van der Waals surface area contributed by atoms with Crippen molar-refractivity contribution in [1.82, 2.24) is 10.6 Å². The first-order valence-electron chi connectivity index (χ1n) is 11.0. The number of aliphatic hydroxyl groups is 1. The molecule has 7 heteroatoms. The molecule has 0 saturated carbocycles. The lowest BCUT2D eigenvalue weighted by molar-refractivity contribution is -0.122. The Morgan fingerprint density at radius 1 is 1.09 bits per heavy atom. The van der Waals surface area contributed by atoms with E-state index in [1.165, 1.54) is 18.2 Å². The van der Waals surface area contributed by atoms with E-state index >= 15 is 0 Å². The SMILES string of the molecule is CCC(C(=O)NCCOC)c1cccc(CC(C)(C)NCC(O)c2cc(O)cc(O)c2)c1. The molecule has 0 aliphatic rings. The summed E-state index contributed by atoms with van der Waals surface area (Å²) in [7, 11) is 1.61. The van der Waals surface area contributed by atoms with Gasteiger partial charge in [-0.05, 0) is 55.5 Å². The normalized spacial score (nSPS) is 13.5. The Kier molecular flexibility index (Phi) is 9.50. The van der Waals surface area contributed by atoms with Crippen molar-refractivity contribution >= 4 is 5.91 Å². The molecule has 2 aromatic carbocycles. The molecular weight excluding hydrogens is 408 g/mol. The highest BCUT2D eigenvalue weighted by molar-refractivity contribution is 5.83. The van der Waals surface area contributed by atoms with Gasteiger partial charge in [-0.25, -0.2) is 0 Å². The van der Waals surface area contributed by atoms with E-state index in [0.717, 1.165) is 11.1 Å². The van der Waals surface area contributed by atoms with E-state index in [0.29, 0.717) is 31.6 Å². The van der Waals surface area contributed by atoms with Crippen LogP contribution in [-0.4, -0.2) is 53.6 Å². The van der Waals surface area contributed by atoms with Crippen molar-refractivity contribution in [2.45, 2.75) is 51.2 Å². The Bertz CT molecular complexity index is 864. The van der Waals surface area contributed by atoms with Crippen molar-refractivity contribution in [2.75, 3.05) is 26.8 Å². The number of amides is 1. The highest BCUT2D eigenvalue weighted by Crippen LogP contribution is 2.26. The molecule has 2 unspecified atom stereocenters. The molecule has 2 rings (SSSR count). The summed E-state index contributed by atoms with van der Waals surface area (Å²) in [5.74, 6) is -0.404. The molecule has 0 aliphatic heterocycles. The number of aromatic hydroxyl groups is 2. The molecule has 0 aromatic heterocycles. The maximum atomic E-state index is 12.6. The van der Waals surface area contributed by atoms with Crippen molar-refractivity contribution in [2.24, 2.45) is 0 Å². The summed E-state index contributed by atoms with van der Waals surface area (Å²) in [4.78, 5) is 12.6. The molecule has 1 amide bonds. The van der Waals surface area contributed by atoms with Crippen LogP contribution in [0.15, 0.2) is 42.5 Å². The fourth-order valence-electron chi connectivity index (χ4n) is 3.77. The number of aliphatic hydroxyl groups excluding tert-OH is 1. The van der Waals surface area contributed by atoms with Crippen LogP contribution in [0.3, 0.4) is 0 Å². The number of carbonyl (C=O) groups excluding carboxylic acids is 1. The number of ether oxygens (including phenoxy) is 1. The zero-order chi connectivity index (χ0) is 23.7. The topological polar surface area (TPSA) is 111 Å². The average molecular weight is 445 g/mol. The fourth-order valence-corrected chi connectivity index (χ4v) is 3.77. The molecule has 2 aromatic rings. The second-order valence-electron chi connectivity index (χ2n) is 8.73. The largest absolute Gasteiger partial charge is 0.508 e. The number of nitrogens with one attached hydrogen (secondary N) is 2. The van der Waals surface area contributed by atoms with Gasteiger partial charge >= 0.3 is 0 Å². The third kappa shape index (κ3) is 7.82. The Morgan fingerprint density at radius 3 is 2.41 bits per heavy atom. The van der Waals surface area contributed by atoms with E-state index in [9.17, 15) is 20.1 Å². The number of hydrogen-bond acceptors (Lipinski definition) is 6. The molecule has 176 valence electrons. The summed E-state index contributed by atoms with van der Waals surface area (Å²) in [6.45, 7) is 7.31. The molecule has 0 fully saturated rings. The minimum atomic E-state index is -0.876. The third-order valence-corrected chi connectivity index (χ3v) is 5.41. The fraction of sp³-hybridized carbons (Fsp3) is 0.480. The van der Waals surface area contributed by atoms with Gasteiger partial charge in [0.1, 0.15) is 11.5 Å². The molecule has 32 heavy (non-hydrogen) atoms. The first kappa shape index (κ1) is 25.6. The summed E-state index contributed by atoms with van der Waals surface area (Å²) in [5.41, 5.74) is 2.18. The van der Waals surface area contributed by atoms with Crippen molar-refractivity contribution in [3.8, 4) is 11.5 Å². The smallest absolute Gasteiger partial charge is 0.227 e. The monoisotopic (exact) mass is 444 g/mol. The lowest BCUT2D eigenvalue weighted by Gasteiger charge is -2.28. The molecule has 7 nitrogen and oxygen atoms in total. The molecule has 0 saturated heterocycles.